The summed E-state index contributed by atoms with van der Waals surface area (Å²) in [6.07, 6.45) is 7.59. The molecule has 0 atom stereocenters. The lowest BCUT2D eigenvalue weighted by atomic mass is 9.84. The van der Waals surface area contributed by atoms with Crippen molar-refractivity contribution >= 4 is 40.8 Å². The third kappa shape index (κ3) is 4.68. The van der Waals surface area contributed by atoms with Crippen molar-refractivity contribution < 1.29 is 33.8 Å². The summed E-state index contributed by atoms with van der Waals surface area (Å²) in [5, 5.41) is 19.4. The molecule has 4 rings (SSSR count). The van der Waals surface area contributed by atoms with Crippen LogP contribution in [0.25, 0.3) is 0 Å². The van der Waals surface area contributed by atoms with Crippen LogP contribution >= 0.6 is 11.3 Å². The molecule has 2 saturated carbocycles. The Hall–Kier alpha value is -1.46. The summed E-state index contributed by atoms with van der Waals surface area (Å²) in [6.45, 7) is 1.17. The van der Waals surface area contributed by atoms with E-state index in [2.05, 4.69) is 0 Å². The molecule has 1 aliphatic heterocycles. The van der Waals surface area contributed by atoms with E-state index < -0.39 is 18.9 Å². The first-order valence-corrected chi connectivity index (χ1v) is 11.9. The van der Waals surface area contributed by atoms with E-state index in [4.69, 9.17) is 14.2 Å². The Balaban J connectivity index is 1.67. The second-order valence-corrected chi connectivity index (χ2v) is 9.69. The molecule has 3 fully saturated rings. The molecular formula is C21H30BNO7S. The summed E-state index contributed by atoms with van der Waals surface area (Å²) in [6, 6.07) is 1.43. The standard InChI is InChI=1S/C21H30BNO7S/c1-28-20(25)18-16(13-17(31-18)22(26)27)23(19(24)14-5-3-2-4-6-14)15-7-9-21(10-8-15)29-11-12-30-21/h13-15,26-27H,2-12H2,1H3. The Bertz CT molecular complexity index is 792. The van der Waals surface area contributed by atoms with Crippen LogP contribution in [0.4, 0.5) is 5.69 Å². The number of hydrogen-bond donors (Lipinski definition) is 2. The van der Waals surface area contributed by atoms with Gasteiger partial charge in [-0.1, -0.05) is 19.3 Å². The Kier molecular flexibility index (Phi) is 7.02. The third-order valence-electron chi connectivity index (χ3n) is 6.70. The predicted molar refractivity (Wildman–Crippen MR) is 116 cm³/mol. The molecule has 1 aromatic rings. The molecule has 10 heteroatoms. The summed E-state index contributed by atoms with van der Waals surface area (Å²) >= 11 is 0.958. The number of ether oxygens (including phenoxy) is 3. The zero-order valence-corrected chi connectivity index (χ0v) is 18.7. The van der Waals surface area contributed by atoms with E-state index in [1.54, 1.807) is 11.0 Å². The minimum absolute atomic E-state index is 0.0100. The minimum Gasteiger partial charge on any atom is -0.465 e. The summed E-state index contributed by atoms with van der Waals surface area (Å²) in [5.41, 5.74) is 0.421. The Morgan fingerprint density at radius 3 is 2.35 bits per heavy atom. The third-order valence-corrected chi connectivity index (χ3v) is 7.85. The Morgan fingerprint density at radius 1 is 1.13 bits per heavy atom. The predicted octanol–water partition coefficient (Wildman–Crippen LogP) is 1.81. The van der Waals surface area contributed by atoms with Crippen molar-refractivity contribution in [3.05, 3.63) is 10.9 Å². The zero-order chi connectivity index (χ0) is 22.0. The van der Waals surface area contributed by atoms with Crippen LogP contribution < -0.4 is 9.68 Å². The van der Waals surface area contributed by atoms with E-state index in [1.807, 2.05) is 0 Å². The number of nitrogens with zero attached hydrogens (tertiary/aromatic N) is 1. The van der Waals surface area contributed by atoms with Gasteiger partial charge in [-0.3, -0.25) is 4.79 Å². The first-order chi connectivity index (χ1) is 14.9. The lowest BCUT2D eigenvalue weighted by Gasteiger charge is -2.41. The van der Waals surface area contributed by atoms with Gasteiger partial charge >= 0.3 is 13.1 Å². The van der Waals surface area contributed by atoms with Gasteiger partial charge in [0, 0.05) is 29.6 Å². The number of anilines is 1. The number of thiophene rings is 1. The van der Waals surface area contributed by atoms with Gasteiger partial charge < -0.3 is 29.2 Å². The fraction of sp³-hybridized carbons (Fsp3) is 0.714. The average Bonchev–Trinajstić information content (AvgIpc) is 3.43. The summed E-state index contributed by atoms with van der Waals surface area (Å²) < 4.78 is 16.8. The maximum atomic E-state index is 13.7. The fourth-order valence-corrected chi connectivity index (χ4v) is 6.01. The van der Waals surface area contributed by atoms with Crippen molar-refractivity contribution in [2.75, 3.05) is 25.2 Å². The van der Waals surface area contributed by atoms with E-state index in [1.165, 1.54) is 7.11 Å². The smallest absolute Gasteiger partial charge is 0.465 e. The highest BCUT2D eigenvalue weighted by molar-refractivity contribution is 7.24. The van der Waals surface area contributed by atoms with Gasteiger partial charge in [-0.15, -0.1) is 11.3 Å². The molecule has 31 heavy (non-hydrogen) atoms. The van der Waals surface area contributed by atoms with Crippen molar-refractivity contribution in [1.29, 1.82) is 0 Å². The summed E-state index contributed by atoms with van der Waals surface area (Å²) in [4.78, 5) is 28.2. The van der Waals surface area contributed by atoms with Gasteiger partial charge in [0.25, 0.3) is 0 Å². The SMILES string of the molecule is COC(=O)c1sc(B(O)O)cc1N(C(=O)C1CCCCC1)C1CCC2(CC1)OCCO2. The molecule has 2 heterocycles. The Morgan fingerprint density at radius 2 is 1.77 bits per heavy atom. The van der Waals surface area contributed by atoms with Crippen LogP contribution in [0.3, 0.4) is 0 Å². The molecule has 0 unspecified atom stereocenters. The molecule has 8 nitrogen and oxygen atoms in total. The molecule has 170 valence electrons. The van der Waals surface area contributed by atoms with Crippen LogP contribution in [0, 0.1) is 5.92 Å². The van der Waals surface area contributed by atoms with E-state index in [-0.39, 0.29) is 27.5 Å². The van der Waals surface area contributed by atoms with E-state index >= 15 is 0 Å². The fourth-order valence-electron chi connectivity index (χ4n) is 5.07. The lowest BCUT2D eigenvalue weighted by Crippen LogP contribution is -2.49. The van der Waals surface area contributed by atoms with Crippen molar-refractivity contribution in [2.45, 2.75) is 69.6 Å². The largest absolute Gasteiger partial charge is 0.499 e. The molecule has 3 aliphatic rings. The van der Waals surface area contributed by atoms with Crippen LogP contribution in [-0.2, 0) is 19.0 Å². The molecule has 0 aromatic carbocycles. The molecule has 2 N–H and O–H groups in total. The maximum Gasteiger partial charge on any atom is 0.499 e. The summed E-state index contributed by atoms with van der Waals surface area (Å²) in [7, 11) is -0.434. The molecule has 1 aromatic heterocycles. The van der Waals surface area contributed by atoms with Crippen molar-refractivity contribution in [2.24, 2.45) is 5.92 Å². The topological polar surface area (TPSA) is 106 Å². The van der Waals surface area contributed by atoms with E-state index in [0.29, 0.717) is 44.6 Å². The number of rotatable bonds is 5. The van der Waals surface area contributed by atoms with Crippen molar-refractivity contribution in [3.8, 4) is 0 Å². The normalized spacial score (nSPS) is 21.9. The average molecular weight is 451 g/mol. The highest BCUT2D eigenvalue weighted by Gasteiger charge is 2.44. The van der Waals surface area contributed by atoms with Gasteiger partial charge in [0.15, 0.2) is 5.79 Å². The second-order valence-electron chi connectivity index (χ2n) is 8.61. The monoisotopic (exact) mass is 451 g/mol. The molecule has 1 amide bonds. The van der Waals surface area contributed by atoms with Crippen molar-refractivity contribution in [1.82, 2.24) is 0 Å². The number of carbonyl (C=O) groups is 2. The summed E-state index contributed by atoms with van der Waals surface area (Å²) in [5.74, 6) is -1.21. The zero-order valence-electron chi connectivity index (χ0n) is 17.9. The van der Waals surface area contributed by atoms with E-state index in [9.17, 15) is 19.6 Å². The van der Waals surface area contributed by atoms with Gasteiger partial charge in [0.05, 0.1) is 26.0 Å². The van der Waals surface area contributed by atoms with Gasteiger partial charge in [-0.25, -0.2) is 4.79 Å². The first-order valence-electron chi connectivity index (χ1n) is 11.1. The quantitative estimate of drug-likeness (QED) is 0.520. The molecule has 0 bridgehead atoms. The van der Waals surface area contributed by atoms with Gasteiger partial charge in [-0.05, 0) is 31.7 Å². The number of carbonyl (C=O) groups excluding carboxylic acids is 2. The van der Waals surface area contributed by atoms with Crippen LogP contribution in [-0.4, -0.2) is 61.2 Å². The lowest BCUT2D eigenvalue weighted by molar-refractivity contribution is -0.179. The van der Waals surface area contributed by atoms with Crippen LogP contribution in [0.5, 0.6) is 0 Å². The number of esters is 1. The van der Waals surface area contributed by atoms with Gasteiger partial charge in [0.1, 0.15) is 4.88 Å². The molecule has 1 saturated heterocycles. The molecule has 0 radical (unpaired) electrons. The van der Waals surface area contributed by atoms with Gasteiger partial charge in [-0.2, -0.15) is 0 Å². The highest BCUT2D eigenvalue weighted by Crippen LogP contribution is 2.41. The first kappa shape index (κ1) is 22.7. The van der Waals surface area contributed by atoms with Gasteiger partial charge in [0.2, 0.25) is 5.91 Å². The number of methoxy groups -OCH3 is 1. The minimum atomic E-state index is -1.72. The van der Waals surface area contributed by atoms with Crippen LogP contribution in [0.15, 0.2) is 6.07 Å². The van der Waals surface area contributed by atoms with Crippen molar-refractivity contribution in [3.63, 3.8) is 0 Å². The number of amides is 1. The highest BCUT2D eigenvalue weighted by atomic mass is 32.1. The van der Waals surface area contributed by atoms with E-state index in [0.717, 1.165) is 43.4 Å². The second kappa shape index (κ2) is 9.58. The number of hydrogen-bond acceptors (Lipinski definition) is 8. The van der Waals surface area contributed by atoms with Crippen LogP contribution in [0.1, 0.15) is 67.5 Å². The van der Waals surface area contributed by atoms with Crippen LogP contribution in [0.2, 0.25) is 0 Å². The maximum absolute atomic E-state index is 13.7. The molecule has 1 spiro atoms. The molecule has 2 aliphatic carbocycles. The molecular weight excluding hydrogens is 421 g/mol. The Labute approximate surface area is 186 Å².